The fraction of sp³-hybridized carbons (Fsp3) is 1.00. The summed E-state index contributed by atoms with van der Waals surface area (Å²) in [7, 11) is -0.808. The Hall–Kier alpha value is -0.170. The molecule has 1 atom stereocenters. The van der Waals surface area contributed by atoms with Crippen LogP contribution in [0.4, 0.5) is 0 Å². The number of hydrogen-bond donors (Lipinski definition) is 0. The minimum Gasteiger partial charge on any atom is -0.304 e. The molecule has 2 aliphatic heterocycles. The Bertz CT molecular complexity index is 391. The second-order valence-electron chi connectivity index (χ2n) is 6.21. The Labute approximate surface area is 117 Å². The van der Waals surface area contributed by atoms with Crippen molar-refractivity contribution in [3.8, 4) is 0 Å². The summed E-state index contributed by atoms with van der Waals surface area (Å²) in [5.74, 6) is 0.656. The van der Waals surface area contributed by atoms with E-state index in [4.69, 9.17) is 0 Å². The molecule has 0 radical (unpaired) electrons. The van der Waals surface area contributed by atoms with Gasteiger partial charge >= 0.3 is 0 Å². The van der Waals surface area contributed by atoms with Crippen molar-refractivity contribution in [3.63, 3.8) is 0 Å². The highest BCUT2D eigenvalue weighted by Gasteiger charge is 2.28. The third-order valence-electron chi connectivity index (χ3n) is 4.50. The number of likely N-dealkylation sites (N-methyl/N-ethyl adjacent to an activating group) is 1. The van der Waals surface area contributed by atoms with E-state index in [1.807, 2.05) is 0 Å². The summed E-state index contributed by atoms with van der Waals surface area (Å²) in [5, 5.41) is 0. The van der Waals surface area contributed by atoms with Gasteiger partial charge < -0.3 is 4.90 Å². The SMILES string of the molecule is C[C@H]1CN(C)CCN1CC1CCN(S(C)(=O)=O)CC1. The van der Waals surface area contributed by atoms with Crippen molar-refractivity contribution in [1.29, 1.82) is 0 Å². The molecule has 0 aromatic heterocycles. The standard InChI is InChI=1S/C13H27N3O2S/c1-12-10-14(2)8-9-15(12)11-13-4-6-16(7-5-13)19(3,17)18/h12-13H,4-11H2,1-3H3/t12-/m0/s1. The van der Waals surface area contributed by atoms with E-state index >= 15 is 0 Å². The van der Waals surface area contributed by atoms with Crippen LogP contribution in [0.3, 0.4) is 0 Å². The number of piperazine rings is 1. The van der Waals surface area contributed by atoms with Crippen LogP contribution in [0, 0.1) is 5.92 Å². The van der Waals surface area contributed by atoms with E-state index in [0.717, 1.165) is 39.0 Å². The average Bonchev–Trinajstić information content (AvgIpc) is 2.32. The largest absolute Gasteiger partial charge is 0.304 e. The van der Waals surface area contributed by atoms with Gasteiger partial charge in [0.15, 0.2) is 0 Å². The Kier molecular flexibility index (Phi) is 4.87. The molecule has 0 spiro atoms. The average molecular weight is 289 g/mol. The summed E-state index contributed by atoms with van der Waals surface area (Å²) in [6.45, 7) is 8.25. The summed E-state index contributed by atoms with van der Waals surface area (Å²) in [6.07, 6.45) is 3.33. The number of hydrogen-bond acceptors (Lipinski definition) is 4. The molecule has 2 heterocycles. The van der Waals surface area contributed by atoms with Gasteiger partial charge in [-0.05, 0) is 32.7 Å². The summed E-state index contributed by atoms with van der Waals surface area (Å²) < 4.78 is 24.6. The van der Waals surface area contributed by atoms with Crippen LogP contribution in [-0.2, 0) is 10.0 Å². The predicted octanol–water partition coefficient (Wildman–Crippen LogP) is 0.294. The molecule has 0 amide bonds. The van der Waals surface area contributed by atoms with Crippen LogP contribution in [0.15, 0.2) is 0 Å². The van der Waals surface area contributed by atoms with Gasteiger partial charge in [-0.2, -0.15) is 0 Å². The highest BCUT2D eigenvalue weighted by atomic mass is 32.2. The molecule has 2 aliphatic rings. The molecule has 0 aliphatic carbocycles. The van der Waals surface area contributed by atoms with Crippen LogP contribution in [0.1, 0.15) is 19.8 Å². The number of nitrogens with zero attached hydrogens (tertiary/aromatic N) is 3. The van der Waals surface area contributed by atoms with E-state index in [2.05, 4.69) is 23.8 Å². The summed E-state index contributed by atoms with van der Waals surface area (Å²) >= 11 is 0. The van der Waals surface area contributed by atoms with Gasteiger partial charge in [0.25, 0.3) is 0 Å². The summed E-state index contributed by atoms with van der Waals surface area (Å²) in [5.41, 5.74) is 0. The molecule has 6 heteroatoms. The van der Waals surface area contributed by atoms with Gasteiger partial charge in [0, 0.05) is 45.3 Å². The molecule has 5 nitrogen and oxygen atoms in total. The highest BCUT2D eigenvalue weighted by molar-refractivity contribution is 7.88. The van der Waals surface area contributed by atoms with Crippen molar-refractivity contribution >= 4 is 10.0 Å². The van der Waals surface area contributed by atoms with Crippen molar-refractivity contribution in [3.05, 3.63) is 0 Å². The summed E-state index contributed by atoms with van der Waals surface area (Å²) in [4.78, 5) is 4.95. The zero-order valence-corrected chi connectivity index (χ0v) is 13.2. The van der Waals surface area contributed by atoms with Crippen LogP contribution >= 0.6 is 0 Å². The van der Waals surface area contributed by atoms with Gasteiger partial charge in [0.1, 0.15) is 0 Å². The number of piperidine rings is 1. The molecule has 0 unspecified atom stereocenters. The van der Waals surface area contributed by atoms with Crippen LogP contribution in [0.25, 0.3) is 0 Å². The van der Waals surface area contributed by atoms with E-state index in [1.54, 1.807) is 4.31 Å². The second-order valence-corrected chi connectivity index (χ2v) is 8.19. The third-order valence-corrected chi connectivity index (χ3v) is 5.81. The van der Waals surface area contributed by atoms with E-state index in [9.17, 15) is 8.42 Å². The minimum absolute atomic E-state index is 0.617. The Morgan fingerprint density at radius 3 is 2.26 bits per heavy atom. The normalized spacial score (nSPS) is 29.7. The predicted molar refractivity (Wildman–Crippen MR) is 77.7 cm³/mol. The zero-order chi connectivity index (χ0) is 14.0. The molecule has 2 fully saturated rings. The Morgan fingerprint density at radius 2 is 1.74 bits per heavy atom. The van der Waals surface area contributed by atoms with E-state index < -0.39 is 10.0 Å². The molecular formula is C13H27N3O2S. The lowest BCUT2D eigenvalue weighted by Crippen LogP contribution is -2.52. The first-order valence-electron chi connectivity index (χ1n) is 7.24. The van der Waals surface area contributed by atoms with Crippen LogP contribution < -0.4 is 0 Å². The Morgan fingerprint density at radius 1 is 1.11 bits per heavy atom. The fourth-order valence-electron chi connectivity index (χ4n) is 3.20. The second kappa shape index (κ2) is 6.08. The minimum atomic E-state index is -2.99. The molecule has 2 rings (SSSR count). The maximum atomic E-state index is 11.5. The van der Waals surface area contributed by atoms with Crippen LogP contribution in [-0.4, -0.2) is 81.1 Å². The van der Waals surface area contributed by atoms with Gasteiger partial charge in [0.05, 0.1) is 6.26 Å². The van der Waals surface area contributed by atoms with Gasteiger partial charge in [-0.15, -0.1) is 0 Å². The van der Waals surface area contributed by atoms with Crippen LogP contribution in [0.5, 0.6) is 0 Å². The van der Waals surface area contributed by atoms with Crippen molar-refractivity contribution < 1.29 is 8.42 Å². The smallest absolute Gasteiger partial charge is 0.211 e. The first-order chi connectivity index (χ1) is 8.86. The highest BCUT2D eigenvalue weighted by Crippen LogP contribution is 2.21. The zero-order valence-electron chi connectivity index (χ0n) is 12.4. The van der Waals surface area contributed by atoms with E-state index in [-0.39, 0.29) is 0 Å². The molecule has 0 bridgehead atoms. The van der Waals surface area contributed by atoms with E-state index in [1.165, 1.54) is 6.26 Å². The monoisotopic (exact) mass is 289 g/mol. The van der Waals surface area contributed by atoms with Crippen LogP contribution in [0.2, 0.25) is 0 Å². The summed E-state index contributed by atoms with van der Waals surface area (Å²) in [6, 6.07) is 0.617. The molecule has 0 aromatic carbocycles. The first kappa shape index (κ1) is 15.2. The van der Waals surface area contributed by atoms with Crippen molar-refractivity contribution in [2.24, 2.45) is 5.92 Å². The van der Waals surface area contributed by atoms with Gasteiger partial charge in [-0.25, -0.2) is 12.7 Å². The topological polar surface area (TPSA) is 43.9 Å². The molecular weight excluding hydrogens is 262 g/mol. The number of sulfonamides is 1. The quantitative estimate of drug-likeness (QED) is 0.749. The lowest BCUT2D eigenvalue weighted by Gasteiger charge is -2.41. The molecule has 2 saturated heterocycles. The molecule has 19 heavy (non-hydrogen) atoms. The molecule has 0 aromatic rings. The lowest BCUT2D eigenvalue weighted by molar-refractivity contribution is 0.0750. The fourth-order valence-corrected chi connectivity index (χ4v) is 4.08. The maximum Gasteiger partial charge on any atom is 0.211 e. The van der Waals surface area contributed by atoms with Crippen molar-refractivity contribution in [2.75, 3.05) is 52.6 Å². The Balaban J connectivity index is 1.80. The van der Waals surface area contributed by atoms with Gasteiger partial charge in [-0.3, -0.25) is 4.90 Å². The van der Waals surface area contributed by atoms with Crippen molar-refractivity contribution in [1.82, 2.24) is 14.1 Å². The molecule has 112 valence electrons. The third kappa shape index (κ3) is 4.15. The van der Waals surface area contributed by atoms with Gasteiger partial charge in [-0.1, -0.05) is 0 Å². The van der Waals surface area contributed by atoms with E-state index in [0.29, 0.717) is 25.0 Å². The van der Waals surface area contributed by atoms with Gasteiger partial charge in [0.2, 0.25) is 10.0 Å². The lowest BCUT2D eigenvalue weighted by atomic mass is 9.96. The van der Waals surface area contributed by atoms with Crippen molar-refractivity contribution in [2.45, 2.75) is 25.8 Å². The molecule has 0 N–H and O–H groups in total. The first-order valence-corrected chi connectivity index (χ1v) is 9.09. The number of rotatable bonds is 3. The maximum absolute atomic E-state index is 11.5. The molecule has 0 saturated carbocycles.